The van der Waals surface area contributed by atoms with Crippen molar-refractivity contribution in [2.75, 3.05) is 13.7 Å². The van der Waals surface area contributed by atoms with Crippen LogP contribution in [0.15, 0.2) is 29.1 Å². The van der Waals surface area contributed by atoms with Gasteiger partial charge in [-0.1, -0.05) is 19.3 Å². The number of carbonyl (C=O) groups is 2. The van der Waals surface area contributed by atoms with Gasteiger partial charge in [-0.15, -0.1) is 0 Å². The highest BCUT2D eigenvalue weighted by molar-refractivity contribution is 5.85. The van der Waals surface area contributed by atoms with E-state index in [9.17, 15) is 14.4 Å². The third kappa shape index (κ3) is 5.34. The molecule has 0 unspecified atom stereocenters. The summed E-state index contributed by atoms with van der Waals surface area (Å²) < 4.78 is 5.16. The standard InChI is InChI=1S/C21H27N3O4/c1-28-17-9-7-14-11-15(21(27)24-18(14)12-17)8-10-19(25)22-13-20(26)23-16-5-3-2-4-6-16/h7,9,11-12,16H,2-6,8,10,13H2,1H3,(H,22,25)(H,23,26)(H,24,27). The number of rotatable bonds is 7. The zero-order valence-electron chi connectivity index (χ0n) is 16.2. The Kier molecular flexibility index (Phi) is 6.68. The maximum absolute atomic E-state index is 12.2. The van der Waals surface area contributed by atoms with E-state index in [0.29, 0.717) is 23.3 Å². The number of hydrogen-bond acceptors (Lipinski definition) is 4. The summed E-state index contributed by atoms with van der Waals surface area (Å²) in [6.07, 6.45) is 6.00. The number of aromatic nitrogens is 1. The number of pyridine rings is 1. The number of aryl methyl sites for hydroxylation is 1. The van der Waals surface area contributed by atoms with Gasteiger partial charge in [0.25, 0.3) is 5.56 Å². The number of carbonyl (C=O) groups excluding carboxylic acids is 2. The summed E-state index contributed by atoms with van der Waals surface area (Å²) in [6, 6.07) is 7.47. The SMILES string of the molecule is COc1ccc2cc(CCC(=O)NCC(=O)NC3CCCCC3)c(=O)[nH]c2c1. The minimum absolute atomic E-state index is 0.0246. The summed E-state index contributed by atoms with van der Waals surface area (Å²) in [7, 11) is 1.57. The van der Waals surface area contributed by atoms with Crippen molar-refractivity contribution in [2.24, 2.45) is 0 Å². The molecule has 1 aromatic carbocycles. The summed E-state index contributed by atoms with van der Waals surface area (Å²) in [4.78, 5) is 39.1. The largest absolute Gasteiger partial charge is 0.497 e. The molecule has 1 aliphatic carbocycles. The van der Waals surface area contributed by atoms with E-state index in [4.69, 9.17) is 4.74 Å². The maximum Gasteiger partial charge on any atom is 0.251 e. The Morgan fingerprint density at radius 3 is 2.68 bits per heavy atom. The first-order chi connectivity index (χ1) is 13.5. The number of ether oxygens (including phenoxy) is 1. The van der Waals surface area contributed by atoms with Crippen molar-refractivity contribution in [1.82, 2.24) is 15.6 Å². The first-order valence-electron chi connectivity index (χ1n) is 9.81. The molecule has 1 aromatic heterocycles. The van der Waals surface area contributed by atoms with Gasteiger partial charge in [0.2, 0.25) is 11.8 Å². The second-order valence-electron chi connectivity index (χ2n) is 7.26. The third-order valence-electron chi connectivity index (χ3n) is 5.17. The quantitative estimate of drug-likeness (QED) is 0.679. The van der Waals surface area contributed by atoms with Crippen LogP contribution in [0.1, 0.15) is 44.1 Å². The number of benzene rings is 1. The number of H-pyrrole nitrogens is 1. The molecule has 1 aliphatic rings. The molecular weight excluding hydrogens is 358 g/mol. The van der Waals surface area contributed by atoms with Gasteiger partial charge in [-0.2, -0.15) is 0 Å². The van der Waals surface area contributed by atoms with Crippen molar-refractivity contribution in [3.63, 3.8) is 0 Å². The van der Waals surface area contributed by atoms with Crippen LogP contribution < -0.4 is 20.9 Å². The molecule has 1 saturated carbocycles. The number of aromatic amines is 1. The molecule has 0 saturated heterocycles. The molecule has 1 fully saturated rings. The molecule has 28 heavy (non-hydrogen) atoms. The zero-order chi connectivity index (χ0) is 19.9. The van der Waals surface area contributed by atoms with Gasteiger partial charge in [-0.05, 0) is 42.8 Å². The topological polar surface area (TPSA) is 100 Å². The highest BCUT2D eigenvalue weighted by atomic mass is 16.5. The Balaban J connectivity index is 1.49. The van der Waals surface area contributed by atoms with Crippen molar-refractivity contribution in [1.29, 1.82) is 0 Å². The number of nitrogens with one attached hydrogen (secondary N) is 3. The number of hydrogen-bond donors (Lipinski definition) is 3. The van der Waals surface area contributed by atoms with Crippen molar-refractivity contribution in [3.8, 4) is 5.75 Å². The fourth-order valence-electron chi connectivity index (χ4n) is 3.58. The van der Waals surface area contributed by atoms with Gasteiger partial charge in [-0.3, -0.25) is 14.4 Å². The first-order valence-corrected chi connectivity index (χ1v) is 9.81. The molecule has 150 valence electrons. The predicted octanol–water partition coefficient (Wildman–Crippen LogP) is 2.03. The van der Waals surface area contributed by atoms with Crippen molar-refractivity contribution < 1.29 is 14.3 Å². The lowest BCUT2D eigenvalue weighted by atomic mass is 9.95. The van der Waals surface area contributed by atoms with Gasteiger partial charge in [0, 0.05) is 24.1 Å². The molecule has 0 radical (unpaired) electrons. The van der Waals surface area contributed by atoms with Crippen LogP contribution in [0.5, 0.6) is 5.75 Å². The van der Waals surface area contributed by atoms with Crippen LogP contribution in [0.25, 0.3) is 10.9 Å². The van der Waals surface area contributed by atoms with E-state index in [0.717, 1.165) is 31.1 Å². The van der Waals surface area contributed by atoms with Crippen LogP contribution >= 0.6 is 0 Å². The highest BCUT2D eigenvalue weighted by Gasteiger charge is 2.16. The van der Waals surface area contributed by atoms with E-state index in [1.165, 1.54) is 6.42 Å². The van der Waals surface area contributed by atoms with Crippen molar-refractivity contribution >= 4 is 22.7 Å². The monoisotopic (exact) mass is 385 g/mol. The summed E-state index contributed by atoms with van der Waals surface area (Å²) in [6.45, 7) is -0.0246. The minimum atomic E-state index is -0.243. The molecule has 1 heterocycles. The van der Waals surface area contributed by atoms with Crippen molar-refractivity contribution in [2.45, 2.75) is 51.0 Å². The van der Waals surface area contributed by atoms with E-state index >= 15 is 0 Å². The van der Waals surface area contributed by atoms with Crippen LogP contribution in [0.4, 0.5) is 0 Å². The molecule has 2 aromatic rings. The van der Waals surface area contributed by atoms with E-state index in [1.807, 2.05) is 12.1 Å². The van der Waals surface area contributed by atoms with E-state index in [-0.39, 0.29) is 36.4 Å². The van der Waals surface area contributed by atoms with E-state index in [1.54, 1.807) is 19.2 Å². The highest BCUT2D eigenvalue weighted by Crippen LogP contribution is 2.19. The lowest BCUT2D eigenvalue weighted by molar-refractivity contribution is -0.126. The predicted molar refractivity (Wildman–Crippen MR) is 107 cm³/mol. The summed E-state index contributed by atoms with van der Waals surface area (Å²) in [5.74, 6) is 0.271. The lowest BCUT2D eigenvalue weighted by Gasteiger charge is -2.22. The maximum atomic E-state index is 12.2. The smallest absolute Gasteiger partial charge is 0.251 e. The van der Waals surface area contributed by atoms with Gasteiger partial charge in [-0.25, -0.2) is 0 Å². The molecular formula is C21H27N3O4. The van der Waals surface area contributed by atoms with Gasteiger partial charge in [0.05, 0.1) is 19.2 Å². The molecule has 0 bridgehead atoms. The molecule has 0 atom stereocenters. The molecule has 7 nitrogen and oxygen atoms in total. The Bertz CT molecular complexity index is 900. The Morgan fingerprint density at radius 2 is 1.93 bits per heavy atom. The van der Waals surface area contributed by atoms with Gasteiger partial charge >= 0.3 is 0 Å². The number of methoxy groups -OCH3 is 1. The number of amides is 2. The molecule has 3 N–H and O–H groups in total. The summed E-state index contributed by atoms with van der Waals surface area (Å²) in [5.41, 5.74) is 1.01. The fourth-order valence-corrected chi connectivity index (χ4v) is 3.58. The average molecular weight is 385 g/mol. The van der Waals surface area contributed by atoms with Gasteiger partial charge in [0.15, 0.2) is 0 Å². The van der Waals surface area contributed by atoms with Crippen LogP contribution in [0.2, 0.25) is 0 Å². The molecule has 0 spiro atoms. The average Bonchev–Trinajstić information content (AvgIpc) is 2.71. The van der Waals surface area contributed by atoms with E-state index in [2.05, 4.69) is 15.6 Å². The molecule has 2 amide bonds. The Labute approximate surface area is 163 Å². The van der Waals surface area contributed by atoms with E-state index < -0.39 is 0 Å². The summed E-state index contributed by atoms with van der Waals surface area (Å²) >= 11 is 0. The van der Waals surface area contributed by atoms with Crippen molar-refractivity contribution in [3.05, 3.63) is 40.2 Å². The second kappa shape index (κ2) is 9.39. The van der Waals surface area contributed by atoms with Crippen LogP contribution in [0.3, 0.4) is 0 Å². The molecule has 0 aliphatic heterocycles. The fraction of sp³-hybridized carbons (Fsp3) is 0.476. The number of fused-ring (bicyclic) bond motifs is 1. The van der Waals surface area contributed by atoms with Gasteiger partial charge in [0.1, 0.15) is 5.75 Å². The van der Waals surface area contributed by atoms with Crippen LogP contribution in [0, 0.1) is 0 Å². The Morgan fingerprint density at radius 1 is 1.14 bits per heavy atom. The summed E-state index contributed by atoms with van der Waals surface area (Å²) in [5, 5.41) is 6.48. The first kappa shape index (κ1) is 19.9. The molecule has 3 rings (SSSR count). The lowest BCUT2D eigenvalue weighted by Crippen LogP contribution is -2.42. The molecule has 7 heteroatoms. The van der Waals surface area contributed by atoms with Crippen LogP contribution in [-0.4, -0.2) is 36.5 Å². The third-order valence-corrected chi connectivity index (χ3v) is 5.17. The van der Waals surface area contributed by atoms with Gasteiger partial charge < -0.3 is 20.4 Å². The second-order valence-corrected chi connectivity index (χ2v) is 7.26. The normalized spacial score (nSPS) is 14.6. The van der Waals surface area contributed by atoms with Crippen LogP contribution in [-0.2, 0) is 16.0 Å². The Hall–Kier alpha value is -2.83. The minimum Gasteiger partial charge on any atom is -0.497 e. The zero-order valence-corrected chi connectivity index (χ0v) is 16.2.